The molecule has 6 nitrogen and oxygen atoms in total. The van der Waals surface area contributed by atoms with Crippen molar-refractivity contribution in [2.24, 2.45) is 5.92 Å². The molecule has 2 aliphatic rings. The first kappa shape index (κ1) is 24.3. The summed E-state index contributed by atoms with van der Waals surface area (Å²) in [5.41, 5.74) is 3.07. The van der Waals surface area contributed by atoms with Gasteiger partial charge >= 0.3 is 5.97 Å². The Morgan fingerprint density at radius 3 is 2.26 bits per heavy atom. The smallest absolute Gasteiger partial charge is 0.326 e. The van der Waals surface area contributed by atoms with Crippen molar-refractivity contribution in [2.75, 3.05) is 13.1 Å². The Bertz CT molecular complexity index is 1110. The highest BCUT2D eigenvalue weighted by Gasteiger charge is 2.30. The molecule has 2 amide bonds. The lowest BCUT2D eigenvalue weighted by Gasteiger charge is -2.33. The van der Waals surface area contributed by atoms with Crippen LogP contribution in [0.25, 0.3) is 5.57 Å². The first-order chi connectivity index (χ1) is 16.3. The first-order valence-electron chi connectivity index (χ1n) is 11.4. The molecule has 2 aromatic rings. The molecule has 0 unspecified atom stereocenters. The van der Waals surface area contributed by atoms with Gasteiger partial charge in [0.1, 0.15) is 6.04 Å². The van der Waals surface area contributed by atoms with E-state index in [1.165, 1.54) is 17.7 Å². The van der Waals surface area contributed by atoms with E-state index in [0.29, 0.717) is 6.54 Å². The molecule has 1 saturated carbocycles. The fourth-order valence-electron chi connectivity index (χ4n) is 4.28. The predicted octanol–water partition coefficient (Wildman–Crippen LogP) is 4.83. The molecule has 0 saturated heterocycles. The van der Waals surface area contributed by atoms with Crippen LogP contribution in [0.3, 0.4) is 0 Å². The maximum atomic E-state index is 12.6. The van der Waals surface area contributed by atoms with E-state index in [4.69, 9.17) is 23.2 Å². The summed E-state index contributed by atoms with van der Waals surface area (Å²) < 4.78 is 0. The fraction of sp³-hybridized carbons (Fsp3) is 0.346. The number of halogens is 2. The Labute approximate surface area is 208 Å². The van der Waals surface area contributed by atoms with Gasteiger partial charge in [-0.2, -0.15) is 0 Å². The quantitative estimate of drug-likeness (QED) is 0.569. The van der Waals surface area contributed by atoms with E-state index in [1.807, 2.05) is 29.2 Å². The highest BCUT2D eigenvalue weighted by molar-refractivity contribution is 6.39. The number of benzene rings is 2. The molecule has 4 rings (SSSR count). The van der Waals surface area contributed by atoms with E-state index in [-0.39, 0.29) is 33.9 Å². The minimum absolute atomic E-state index is 0.0569. The van der Waals surface area contributed by atoms with Crippen molar-refractivity contribution in [2.45, 2.75) is 38.1 Å². The van der Waals surface area contributed by atoms with Crippen LogP contribution in [0.1, 0.15) is 47.2 Å². The number of rotatable bonds is 7. The Kier molecular flexibility index (Phi) is 7.59. The summed E-state index contributed by atoms with van der Waals surface area (Å²) in [6.07, 6.45) is 6.18. The van der Waals surface area contributed by atoms with Gasteiger partial charge in [-0.1, -0.05) is 66.0 Å². The maximum Gasteiger partial charge on any atom is 0.326 e. The van der Waals surface area contributed by atoms with Gasteiger partial charge in [0.25, 0.3) is 5.91 Å². The van der Waals surface area contributed by atoms with Crippen molar-refractivity contribution >= 4 is 46.6 Å². The minimum Gasteiger partial charge on any atom is -0.480 e. The van der Waals surface area contributed by atoms with Crippen molar-refractivity contribution in [1.29, 1.82) is 0 Å². The van der Waals surface area contributed by atoms with Crippen LogP contribution in [0.5, 0.6) is 0 Å². The molecule has 1 fully saturated rings. The molecule has 0 aromatic heterocycles. The van der Waals surface area contributed by atoms with Gasteiger partial charge in [0.2, 0.25) is 5.91 Å². The van der Waals surface area contributed by atoms with Crippen LogP contribution >= 0.6 is 23.2 Å². The molecule has 8 heteroatoms. The van der Waals surface area contributed by atoms with E-state index in [0.717, 1.165) is 43.4 Å². The molecular weight excluding hydrogens is 475 g/mol. The Morgan fingerprint density at radius 1 is 1.06 bits per heavy atom. The van der Waals surface area contributed by atoms with E-state index in [2.05, 4.69) is 11.4 Å². The molecule has 2 N–H and O–H groups in total. The van der Waals surface area contributed by atoms with Crippen LogP contribution in [0.4, 0.5) is 0 Å². The molecule has 1 atom stereocenters. The Balaban J connectivity index is 1.39. The highest BCUT2D eigenvalue weighted by Crippen LogP contribution is 2.30. The van der Waals surface area contributed by atoms with Crippen molar-refractivity contribution in [3.8, 4) is 0 Å². The van der Waals surface area contributed by atoms with Gasteiger partial charge in [0, 0.05) is 25.4 Å². The minimum atomic E-state index is -1.15. The zero-order valence-corrected chi connectivity index (χ0v) is 20.1. The summed E-state index contributed by atoms with van der Waals surface area (Å²) in [6, 6.07) is 11.2. The van der Waals surface area contributed by atoms with Crippen molar-refractivity contribution in [3.63, 3.8) is 0 Å². The highest BCUT2D eigenvalue weighted by atomic mass is 35.5. The van der Waals surface area contributed by atoms with Gasteiger partial charge in [0.15, 0.2) is 0 Å². The molecule has 0 radical (unpaired) electrons. The molecule has 0 spiro atoms. The largest absolute Gasteiger partial charge is 0.480 e. The van der Waals surface area contributed by atoms with Crippen molar-refractivity contribution in [3.05, 3.63) is 75.3 Å². The summed E-state index contributed by atoms with van der Waals surface area (Å²) in [7, 11) is 0. The average Bonchev–Trinajstić information content (AvgIpc) is 2.78. The SMILES string of the molecule is O=C(N[C@@H](Cc1ccc(C2=CCN(C(=O)C3CCC3)CC2)cc1)C(=O)O)c1c(Cl)cccc1Cl. The van der Waals surface area contributed by atoms with Gasteiger partial charge in [-0.05, 0) is 48.1 Å². The molecular formula is C26H26Cl2N2O4. The van der Waals surface area contributed by atoms with E-state index >= 15 is 0 Å². The van der Waals surface area contributed by atoms with E-state index in [1.54, 1.807) is 6.07 Å². The lowest BCUT2D eigenvalue weighted by Crippen LogP contribution is -2.42. The van der Waals surface area contributed by atoms with Crippen molar-refractivity contribution < 1.29 is 19.5 Å². The first-order valence-corrected chi connectivity index (χ1v) is 12.1. The fourth-order valence-corrected chi connectivity index (χ4v) is 4.85. The van der Waals surface area contributed by atoms with Gasteiger partial charge in [-0.25, -0.2) is 4.79 Å². The van der Waals surface area contributed by atoms with E-state index in [9.17, 15) is 19.5 Å². The molecule has 178 valence electrons. The number of aliphatic carboxylic acids is 1. The molecule has 34 heavy (non-hydrogen) atoms. The third-order valence-corrected chi connectivity index (χ3v) is 7.16. The molecule has 2 aromatic carbocycles. The van der Waals surface area contributed by atoms with Crippen LogP contribution < -0.4 is 5.32 Å². The zero-order valence-electron chi connectivity index (χ0n) is 18.6. The number of amides is 2. The molecule has 0 bridgehead atoms. The number of hydrogen-bond donors (Lipinski definition) is 2. The molecule has 1 aliphatic carbocycles. The third-order valence-electron chi connectivity index (χ3n) is 6.53. The zero-order chi connectivity index (χ0) is 24.2. The standard InChI is InChI=1S/C26H26Cl2N2O4/c27-20-5-2-6-21(28)23(20)24(31)29-22(26(33)34)15-16-7-9-17(10-8-16)18-11-13-30(14-12-18)25(32)19-3-1-4-19/h2,5-11,19,22H,1,3-4,12-15H2,(H,29,31)(H,33,34)/t22-/m0/s1. The van der Waals surface area contributed by atoms with Crippen LogP contribution in [-0.2, 0) is 16.0 Å². The maximum absolute atomic E-state index is 12.6. The van der Waals surface area contributed by atoms with Crippen LogP contribution in [0.2, 0.25) is 10.0 Å². The summed E-state index contributed by atoms with van der Waals surface area (Å²) in [5.74, 6) is -1.29. The topological polar surface area (TPSA) is 86.7 Å². The van der Waals surface area contributed by atoms with E-state index < -0.39 is 17.9 Å². The second kappa shape index (κ2) is 10.6. The number of nitrogens with zero attached hydrogens (tertiary/aromatic N) is 1. The lowest BCUT2D eigenvalue weighted by atomic mass is 9.84. The second-order valence-corrected chi connectivity index (χ2v) is 9.57. The van der Waals surface area contributed by atoms with Gasteiger partial charge in [0.05, 0.1) is 15.6 Å². The Morgan fingerprint density at radius 2 is 1.74 bits per heavy atom. The number of carbonyl (C=O) groups excluding carboxylic acids is 2. The number of carbonyl (C=O) groups is 3. The number of carboxylic acid groups (broad SMARTS) is 1. The normalized spacial score (nSPS) is 16.9. The summed E-state index contributed by atoms with van der Waals surface area (Å²) in [5, 5.41) is 12.5. The number of hydrogen-bond acceptors (Lipinski definition) is 3. The van der Waals surface area contributed by atoms with Crippen LogP contribution in [0.15, 0.2) is 48.5 Å². The molecule has 1 aliphatic heterocycles. The number of nitrogens with one attached hydrogen (secondary N) is 1. The summed E-state index contributed by atoms with van der Waals surface area (Å²) >= 11 is 12.1. The van der Waals surface area contributed by atoms with Gasteiger partial charge in [-0.3, -0.25) is 9.59 Å². The number of carboxylic acids is 1. The van der Waals surface area contributed by atoms with Crippen molar-refractivity contribution in [1.82, 2.24) is 10.2 Å². The second-order valence-electron chi connectivity index (χ2n) is 8.75. The third kappa shape index (κ3) is 5.45. The summed E-state index contributed by atoms with van der Waals surface area (Å²) in [6.45, 7) is 1.35. The lowest BCUT2D eigenvalue weighted by molar-refractivity contribution is -0.139. The van der Waals surface area contributed by atoms with Crippen LogP contribution in [-0.4, -0.2) is 46.9 Å². The molecule has 1 heterocycles. The van der Waals surface area contributed by atoms with Gasteiger partial charge in [-0.15, -0.1) is 0 Å². The van der Waals surface area contributed by atoms with Crippen LogP contribution in [0, 0.1) is 5.92 Å². The predicted molar refractivity (Wildman–Crippen MR) is 132 cm³/mol. The van der Waals surface area contributed by atoms with Gasteiger partial charge < -0.3 is 15.3 Å². The average molecular weight is 501 g/mol. The Hall–Kier alpha value is -2.83. The summed E-state index contributed by atoms with van der Waals surface area (Å²) in [4.78, 5) is 38.8. The monoisotopic (exact) mass is 500 g/mol.